The molecule has 172 valence electrons. The molecule has 33 heavy (non-hydrogen) atoms. The fourth-order valence-electron chi connectivity index (χ4n) is 4.14. The number of likely N-dealkylation sites (tertiary alicyclic amines) is 1. The first kappa shape index (κ1) is 22.7. The Kier molecular flexibility index (Phi) is 7.52. The molecule has 4 rings (SSSR count). The highest BCUT2D eigenvalue weighted by atomic mass is 16.2. The number of nitrogens with one attached hydrogen (secondary N) is 2. The lowest BCUT2D eigenvalue weighted by Crippen LogP contribution is -2.47. The van der Waals surface area contributed by atoms with Crippen LogP contribution < -0.4 is 10.6 Å². The molecule has 0 radical (unpaired) electrons. The molecule has 0 aliphatic carbocycles. The van der Waals surface area contributed by atoms with Gasteiger partial charge in [-0.25, -0.2) is 4.68 Å². The molecule has 1 aliphatic rings. The maximum Gasteiger partial charge on any atom is 0.251 e. The first-order chi connectivity index (χ1) is 16.1. The maximum atomic E-state index is 12.9. The lowest BCUT2D eigenvalue weighted by Gasteiger charge is -2.31. The molecular weight excluding hydrogens is 414 g/mol. The summed E-state index contributed by atoms with van der Waals surface area (Å²) in [6.45, 7) is 4.80. The van der Waals surface area contributed by atoms with Gasteiger partial charge in [0.2, 0.25) is 5.91 Å². The van der Waals surface area contributed by atoms with Crippen molar-refractivity contribution in [1.29, 1.82) is 0 Å². The molecule has 0 saturated carbocycles. The summed E-state index contributed by atoms with van der Waals surface area (Å²) in [4.78, 5) is 27.0. The van der Waals surface area contributed by atoms with Crippen molar-refractivity contribution in [2.45, 2.75) is 32.2 Å². The second-order valence-corrected chi connectivity index (χ2v) is 8.42. The van der Waals surface area contributed by atoms with Crippen molar-refractivity contribution < 1.29 is 9.59 Å². The fourth-order valence-corrected chi connectivity index (χ4v) is 4.14. The summed E-state index contributed by atoms with van der Waals surface area (Å²) in [5, 5.41) is 10.6. The molecule has 3 aromatic rings. The minimum atomic E-state index is -0.0793. The number of carbonyl (C=O) groups excluding carboxylic acids is 2. The van der Waals surface area contributed by atoms with E-state index >= 15 is 0 Å². The zero-order chi connectivity index (χ0) is 23.0. The molecule has 0 unspecified atom stereocenters. The Labute approximate surface area is 194 Å². The van der Waals surface area contributed by atoms with Crippen LogP contribution in [0.2, 0.25) is 0 Å². The largest absolute Gasteiger partial charge is 0.355 e. The van der Waals surface area contributed by atoms with E-state index in [1.165, 1.54) is 0 Å². The molecule has 1 fully saturated rings. The van der Waals surface area contributed by atoms with Crippen LogP contribution in [0.15, 0.2) is 66.9 Å². The van der Waals surface area contributed by atoms with Crippen molar-refractivity contribution in [2.75, 3.05) is 26.2 Å². The minimum Gasteiger partial charge on any atom is -0.355 e. The zero-order valence-corrected chi connectivity index (χ0v) is 19.0. The molecule has 7 heteroatoms. The van der Waals surface area contributed by atoms with Crippen LogP contribution in [-0.4, -0.2) is 58.7 Å². The third kappa shape index (κ3) is 5.87. The lowest BCUT2D eigenvalue weighted by molar-refractivity contribution is -0.122. The monoisotopic (exact) mass is 445 g/mol. The summed E-state index contributed by atoms with van der Waals surface area (Å²) in [7, 11) is 0. The first-order valence-electron chi connectivity index (χ1n) is 11.6. The van der Waals surface area contributed by atoms with Crippen LogP contribution in [0.5, 0.6) is 0 Å². The van der Waals surface area contributed by atoms with E-state index in [0.717, 1.165) is 55.8 Å². The summed E-state index contributed by atoms with van der Waals surface area (Å²) in [6, 6.07) is 19.7. The average molecular weight is 446 g/mol. The SMILES string of the molecule is CCCNC(=O)CN1CCC(NC(=O)c2cccc(-n3nccc3-c3ccccc3)c2)CC1. The third-order valence-electron chi connectivity index (χ3n) is 5.93. The van der Waals surface area contributed by atoms with Crippen molar-refractivity contribution in [1.82, 2.24) is 25.3 Å². The molecule has 0 bridgehead atoms. The molecule has 0 atom stereocenters. The molecule has 2 aromatic carbocycles. The van der Waals surface area contributed by atoms with E-state index in [-0.39, 0.29) is 17.9 Å². The van der Waals surface area contributed by atoms with Gasteiger partial charge in [0.25, 0.3) is 5.91 Å². The topological polar surface area (TPSA) is 79.3 Å². The van der Waals surface area contributed by atoms with Crippen LogP contribution in [0.25, 0.3) is 16.9 Å². The van der Waals surface area contributed by atoms with Gasteiger partial charge in [-0.2, -0.15) is 5.10 Å². The fraction of sp³-hybridized carbons (Fsp3) is 0.346. The van der Waals surface area contributed by atoms with E-state index < -0.39 is 0 Å². The van der Waals surface area contributed by atoms with Crippen LogP contribution >= 0.6 is 0 Å². The van der Waals surface area contributed by atoms with Gasteiger partial charge in [0.15, 0.2) is 0 Å². The molecule has 7 nitrogen and oxygen atoms in total. The Morgan fingerprint density at radius 2 is 1.82 bits per heavy atom. The highest BCUT2D eigenvalue weighted by molar-refractivity contribution is 5.95. The number of aromatic nitrogens is 2. The van der Waals surface area contributed by atoms with Crippen molar-refractivity contribution in [3.8, 4) is 16.9 Å². The molecule has 1 aliphatic heterocycles. The minimum absolute atomic E-state index is 0.0737. The van der Waals surface area contributed by atoms with Gasteiger partial charge in [-0.15, -0.1) is 0 Å². The number of nitrogens with zero attached hydrogens (tertiary/aromatic N) is 3. The number of carbonyl (C=O) groups is 2. The molecule has 1 aromatic heterocycles. The Balaban J connectivity index is 1.36. The summed E-state index contributed by atoms with van der Waals surface area (Å²) in [6.07, 6.45) is 4.38. The second kappa shape index (κ2) is 10.9. The van der Waals surface area contributed by atoms with Crippen LogP contribution in [0.3, 0.4) is 0 Å². The van der Waals surface area contributed by atoms with Crippen molar-refractivity contribution in [2.24, 2.45) is 0 Å². The highest BCUT2D eigenvalue weighted by Gasteiger charge is 2.22. The van der Waals surface area contributed by atoms with Crippen LogP contribution in [0, 0.1) is 0 Å². The zero-order valence-electron chi connectivity index (χ0n) is 19.0. The van der Waals surface area contributed by atoms with Gasteiger partial charge in [-0.1, -0.05) is 43.3 Å². The maximum absolute atomic E-state index is 12.9. The Morgan fingerprint density at radius 3 is 2.58 bits per heavy atom. The number of piperidine rings is 1. The second-order valence-electron chi connectivity index (χ2n) is 8.42. The lowest BCUT2D eigenvalue weighted by atomic mass is 10.0. The van der Waals surface area contributed by atoms with Gasteiger partial charge in [0.1, 0.15) is 0 Å². The predicted octanol–water partition coefficient (Wildman–Crippen LogP) is 3.26. The van der Waals surface area contributed by atoms with Gasteiger partial charge in [0.05, 0.1) is 24.1 Å². The molecule has 0 spiro atoms. The third-order valence-corrected chi connectivity index (χ3v) is 5.93. The molecule has 2 amide bonds. The molecular formula is C26H31N5O2. The van der Waals surface area contributed by atoms with Gasteiger partial charge >= 0.3 is 0 Å². The Morgan fingerprint density at radius 1 is 1.03 bits per heavy atom. The summed E-state index contributed by atoms with van der Waals surface area (Å²) < 4.78 is 1.86. The number of benzene rings is 2. The smallest absolute Gasteiger partial charge is 0.251 e. The van der Waals surface area contributed by atoms with Gasteiger partial charge in [-0.05, 0) is 43.5 Å². The number of hydrogen-bond donors (Lipinski definition) is 2. The van der Waals surface area contributed by atoms with E-state index in [4.69, 9.17) is 0 Å². The van der Waals surface area contributed by atoms with Crippen molar-refractivity contribution in [3.63, 3.8) is 0 Å². The normalized spacial score (nSPS) is 14.7. The van der Waals surface area contributed by atoms with Crippen LogP contribution in [0.4, 0.5) is 0 Å². The Hall–Kier alpha value is -3.45. The average Bonchev–Trinajstić information content (AvgIpc) is 3.35. The number of amides is 2. The summed E-state index contributed by atoms with van der Waals surface area (Å²) in [5.41, 5.74) is 3.51. The van der Waals surface area contributed by atoms with E-state index in [9.17, 15) is 9.59 Å². The van der Waals surface area contributed by atoms with Gasteiger partial charge in [0, 0.05) is 36.8 Å². The van der Waals surface area contributed by atoms with Crippen LogP contribution in [0.1, 0.15) is 36.5 Å². The van der Waals surface area contributed by atoms with E-state index in [1.807, 2.05) is 72.3 Å². The number of hydrogen-bond acceptors (Lipinski definition) is 4. The standard InChI is InChI=1S/C26H31N5O2/c1-2-14-27-25(32)19-30-16-12-22(13-17-30)29-26(33)21-9-6-10-23(18-21)31-24(11-15-28-31)20-7-4-3-5-8-20/h3-11,15,18,22H,2,12-14,16-17,19H2,1H3,(H,27,32)(H,29,33). The van der Waals surface area contributed by atoms with Crippen molar-refractivity contribution in [3.05, 3.63) is 72.4 Å². The van der Waals surface area contributed by atoms with E-state index in [1.54, 1.807) is 6.20 Å². The molecule has 2 N–H and O–H groups in total. The van der Waals surface area contributed by atoms with E-state index in [0.29, 0.717) is 12.1 Å². The highest BCUT2D eigenvalue weighted by Crippen LogP contribution is 2.22. The first-order valence-corrected chi connectivity index (χ1v) is 11.6. The van der Waals surface area contributed by atoms with Crippen molar-refractivity contribution >= 4 is 11.8 Å². The number of rotatable bonds is 8. The van der Waals surface area contributed by atoms with Gasteiger partial charge < -0.3 is 10.6 Å². The Bertz CT molecular complexity index is 1070. The van der Waals surface area contributed by atoms with E-state index in [2.05, 4.69) is 20.6 Å². The summed E-state index contributed by atoms with van der Waals surface area (Å²) >= 11 is 0. The summed E-state index contributed by atoms with van der Waals surface area (Å²) in [5.74, 6) is -0.00551. The van der Waals surface area contributed by atoms with Crippen LogP contribution in [-0.2, 0) is 4.79 Å². The quantitative estimate of drug-likeness (QED) is 0.558. The predicted molar refractivity (Wildman–Crippen MR) is 129 cm³/mol. The molecule has 1 saturated heterocycles. The van der Waals surface area contributed by atoms with Gasteiger partial charge in [-0.3, -0.25) is 14.5 Å². The molecule has 2 heterocycles.